The number of carbonyl (C=O) groups is 3. The average Bonchev–Trinajstić information content (AvgIpc) is 2.59. The van der Waals surface area contributed by atoms with E-state index >= 15 is 0 Å². The third-order valence-electron chi connectivity index (χ3n) is 2.92. The van der Waals surface area contributed by atoms with Crippen LogP contribution in [0.15, 0.2) is 0 Å². The van der Waals surface area contributed by atoms with Gasteiger partial charge >= 0.3 is 18.2 Å². The molecule has 0 saturated carbocycles. The van der Waals surface area contributed by atoms with Crippen LogP contribution in [0.1, 0.15) is 32.6 Å². The molecule has 0 aliphatic rings. The number of carbonyl (C=O) groups excluding carboxylic acids is 3. The second-order valence-corrected chi connectivity index (χ2v) is 4.93. The summed E-state index contributed by atoms with van der Waals surface area (Å²) in [5.41, 5.74) is 5.29. The molecule has 9 heteroatoms. The summed E-state index contributed by atoms with van der Waals surface area (Å²) in [6.07, 6.45) is 5.83. The Bertz CT molecular complexity index is 450. The van der Waals surface area contributed by atoms with Crippen molar-refractivity contribution in [1.29, 1.82) is 0 Å². The van der Waals surface area contributed by atoms with Gasteiger partial charge in [0.05, 0.1) is 13.2 Å². The van der Waals surface area contributed by atoms with Crippen molar-refractivity contribution in [3.05, 3.63) is 0 Å². The number of terminal acetylenes is 1. The Morgan fingerprint density at radius 1 is 1.12 bits per heavy atom. The zero-order valence-electron chi connectivity index (χ0n) is 14.5. The zero-order chi connectivity index (χ0) is 18.9. The Kier molecular flexibility index (Phi) is 13.6. The van der Waals surface area contributed by atoms with Crippen molar-refractivity contribution in [2.45, 2.75) is 38.6 Å². The SMILES string of the molecule is C#CCOC(=O)N[C@H](CCCCNC(=O)OCCCN)C(=O)OCC. The van der Waals surface area contributed by atoms with Crippen molar-refractivity contribution in [1.82, 2.24) is 10.6 Å². The number of hydrogen-bond donors (Lipinski definition) is 3. The Morgan fingerprint density at radius 2 is 1.88 bits per heavy atom. The Hall–Kier alpha value is -2.47. The van der Waals surface area contributed by atoms with Gasteiger partial charge in [0.15, 0.2) is 6.61 Å². The summed E-state index contributed by atoms with van der Waals surface area (Å²) < 4.78 is 14.5. The van der Waals surface area contributed by atoms with E-state index in [1.165, 1.54) is 0 Å². The standard InChI is InChI=1S/C16H27N3O6/c1-3-11-24-16(22)19-13(14(20)23-4-2)8-5-6-10-18-15(21)25-12-7-9-17/h1,13H,4-12,17H2,2H3,(H,18,21)(H,19,22)/t13-/m1/s1. The van der Waals surface area contributed by atoms with Gasteiger partial charge in [0.1, 0.15) is 6.04 Å². The maximum absolute atomic E-state index is 11.8. The minimum absolute atomic E-state index is 0.183. The molecule has 0 spiro atoms. The molecule has 9 nitrogen and oxygen atoms in total. The Morgan fingerprint density at radius 3 is 2.52 bits per heavy atom. The van der Waals surface area contributed by atoms with Gasteiger partial charge in [-0.05, 0) is 39.2 Å². The number of esters is 1. The minimum atomic E-state index is -0.832. The molecule has 0 unspecified atom stereocenters. The fourth-order valence-corrected chi connectivity index (χ4v) is 1.75. The summed E-state index contributed by atoms with van der Waals surface area (Å²) >= 11 is 0. The smallest absolute Gasteiger partial charge is 0.408 e. The van der Waals surface area contributed by atoms with Crippen LogP contribution in [0.2, 0.25) is 0 Å². The lowest BCUT2D eigenvalue weighted by atomic mass is 10.1. The molecule has 0 fully saturated rings. The van der Waals surface area contributed by atoms with Crippen LogP contribution >= 0.6 is 0 Å². The number of rotatable bonds is 12. The Balaban J connectivity index is 4.09. The van der Waals surface area contributed by atoms with Crippen LogP contribution in [0.3, 0.4) is 0 Å². The number of nitrogens with one attached hydrogen (secondary N) is 2. The first-order valence-corrected chi connectivity index (χ1v) is 8.19. The fourth-order valence-electron chi connectivity index (χ4n) is 1.75. The highest BCUT2D eigenvalue weighted by atomic mass is 16.6. The van der Waals surface area contributed by atoms with Gasteiger partial charge < -0.3 is 30.6 Å². The van der Waals surface area contributed by atoms with E-state index in [-0.39, 0.29) is 19.8 Å². The molecular formula is C16H27N3O6. The van der Waals surface area contributed by atoms with Crippen LogP contribution in [0.4, 0.5) is 9.59 Å². The van der Waals surface area contributed by atoms with Crippen LogP contribution in [-0.2, 0) is 19.0 Å². The monoisotopic (exact) mass is 357 g/mol. The molecule has 0 aliphatic heterocycles. The van der Waals surface area contributed by atoms with Crippen molar-refractivity contribution in [3.63, 3.8) is 0 Å². The lowest BCUT2D eigenvalue weighted by molar-refractivity contribution is -0.145. The number of amides is 2. The summed E-state index contributed by atoms with van der Waals surface area (Å²) in [5, 5.41) is 5.00. The third-order valence-corrected chi connectivity index (χ3v) is 2.92. The predicted molar refractivity (Wildman–Crippen MR) is 90.6 cm³/mol. The largest absolute Gasteiger partial charge is 0.464 e. The molecule has 0 heterocycles. The van der Waals surface area contributed by atoms with E-state index in [1.54, 1.807) is 6.92 Å². The van der Waals surface area contributed by atoms with Crippen molar-refractivity contribution in [2.75, 3.05) is 32.9 Å². The van der Waals surface area contributed by atoms with Crippen LogP contribution in [0, 0.1) is 12.3 Å². The molecule has 142 valence electrons. The summed E-state index contributed by atoms with van der Waals surface area (Å²) in [7, 11) is 0. The molecule has 0 aliphatic carbocycles. The normalized spacial score (nSPS) is 10.9. The molecule has 0 saturated heterocycles. The van der Waals surface area contributed by atoms with Crippen LogP contribution in [0.25, 0.3) is 0 Å². The highest BCUT2D eigenvalue weighted by Gasteiger charge is 2.22. The van der Waals surface area contributed by atoms with Gasteiger partial charge in [0, 0.05) is 6.54 Å². The predicted octanol–water partition coefficient (Wildman–Crippen LogP) is 0.523. The van der Waals surface area contributed by atoms with Gasteiger partial charge in [-0.15, -0.1) is 6.42 Å². The Labute approximate surface area is 147 Å². The first-order chi connectivity index (χ1) is 12.0. The lowest BCUT2D eigenvalue weighted by Crippen LogP contribution is -2.42. The van der Waals surface area contributed by atoms with E-state index in [1.807, 2.05) is 0 Å². The number of nitrogens with two attached hydrogens (primary N) is 1. The molecule has 0 bridgehead atoms. The molecule has 0 aromatic rings. The molecule has 0 rings (SSSR count). The number of ether oxygens (including phenoxy) is 3. The molecule has 0 radical (unpaired) electrons. The lowest BCUT2D eigenvalue weighted by Gasteiger charge is -2.16. The molecule has 0 aromatic heterocycles. The highest BCUT2D eigenvalue weighted by Crippen LogP contribution is 2.04. The molecular weight excluding hydrogens is 330 g/mol. The van der Waals surface area contributed by atoms with Crippen LogP contribution in [0.5, 0.6) is 0 Å². The molecule has 1 atom stereocenters. The number of hydrogen-bond acceptors (Lipinski definition) is 7. The van der Waals surface area contributed by atoms with E-state index in [0.29, 0.717) is 38.8 Å². The van der Waals surface area contributed by atoms with Gasteiger partial charge in [-0.25, -0.2) is 14.4 Å². The van der Waals surface area contributed by atoms with Gasteiger partial charge in [-0.2, -0.15) is 0 Å². The number of unbranched alkanes of at least 4 members (excludes halogenated alkanes) is 1. The molecule has 2 amide bonds. The second kappa shape index (κ2) is 15.1. The third kappa shape index (κ3) is 12.6. The van der Waals surface area contributed by atoms with E-state index < -0.39 is 24.2 Å². The zero-order valence-corrected chi connectivity index (χ0v) is 14.5. The van der Waals surface area contributed by atoms with E-state index in [2.05, 4.69) is 21.3 Å². The van der Waals surface area contributed by atoms with Crippen molar-refractivity contribution in [3.8, 4) is 12.3 Å². The minimum Gasteiger partial charge on any atom is -0.464 e. The van der Waals surface area contributed by atoms with Gasteiger partial charge in [0.25, 0.3) is 0 Å². The second-order valence-electron chi connectivity index (χ2n) is 4.93. The summed E-state index contributed by atoms with van der Waals surface area (Å²) in [4.78, 5) is 34.7. The first kappa shape index (κ1) is 22.5. The van der Waals surface area contributed by atoms with E-state index in [0.717, 1.165) is 0 Å². The average molecular weight is 357 g/mol. The topological polar surface area (TPSA) is 129 Å². The molecule has 25 heavy (non-hydrogen) atoms. The van der Waals surface area contributed by atoms with Crippen LogP contribution in [-0.4, -0.2) is 57.1 Å². The van der Waals surface area contributed by atoms with Crippen molar-refractivity contribution < 1.29 is 28.6 Å². The summed E-state index contributed by atoms with van der Waals surface area (Å²) in [5.74, 6) is 1.61. The van der Waals surface area contributed by atoms with Crippen molar-refractivity contribution in [2.24, 2.45) is 5.73 Å². The van der Waals surface area contributed by atoms with Gasteiger partial charge in [0.2, 0.25) is 0 Å². The van der Waals surface area contributed by atoms with E-state index in [4.69, 9.17) is 21.6 Å². The molecule has 4 N–H and O–H groups in total. The summed E-state index contributed by atoms with van der Waals surface area (Å²) in [6.45, 7) is 2.81. The van der Waals surface area contributed by atoms with E-state index in [9.17, 15) is 14.4 Å². The number of alkyl carbamates (subject to hydrolysis) is 2. The van der Waals surface area contributed by atoms with Crippen molar-refractivity contribution >= 4 is 18.2 Å². The molecule has 0 aromatic carbocycles. The quantitative estimate of drug-likeness (QED) is 0.201. The maximum atomic E-state index is 11.8. The van der Waals surface area contributed by atoms with Crippen LogP contribution < -0.4 is 16.4 Å². The first-order valence-electron chi connectivity index (χ1n) is 8.19. The van der Waals surface area contributed by atoms with Gasteiger partial charge in [-0.1, -0.05) is 5.92 Å². The van der Waals surface area contributed by atoms with Gasteiger partial charge in [-0.3, -0.25) is 0 Å². The maximum Gasteiger partial charge on any atom is 0.408 e. The fraction of sp³-hybridized carbons (Fsp3) is 0.688. The highest BCUT2D eigenvalue weighted by molar-refractivity contribution is 5.81. The summed E-state index contributed by atoms with van der Waals surface area (Å²) in [6, 6.07) is -0.832.